The molecule has 4 rings (SSSR count). The van der Waals surface area contributed by atoms with Crippen LogP contribution in [0.2, 0.25) is 0 Å². The quantitative estimate of drug-likeness (QED) is 0.338. The molecule has 0 radical (unpaired) electrons. The van der Waals surface area contributed by atoms with Crippen molar-refractivity contribution in [3.8, 4) is 11.1 Å². The summed E-state index contributed by atoms with van der Waals surface area (Å²) >= 11 is 0. The van der Waals surface area contributed by atoms with Gasteiger partial charge in [0.1, 0.15) is 5.82 Å². The molecule has 0 saturated carbocycles. The average molecular weight is 503 g/mol. The second-order valence-electron chi connectivity index (χ2n) is 8.64. The molecule has 1 amide bonds. The predicted octanol–water partition coefficient (Wildman–Crippen LogP) is 5.29. The summed E-state index contributed by atoms with van der Waals surface area (Å²) < 4.78 is 40.8. The topological polar surface area (TPSA) is 66.5 Å². The summed E-state index contributed by atoms with van der Waals surface area (Å²) in [6, 6.07) is 29.2. The average Bonchev–Trinajstić information content (AvgIpc) is 2.89. The first kappa shape index (κ1) is 25.3. The Hall–Kier alpha value is -3.81. The number of halogens is 1. The van der Waals surface area contributed by atoms with E-state index in [0.29, 0.717) is 6.54 Å². The molecular weight excluding hydrogens is 475 g/mol. The van der Waals surface area contributed by atoms with Crippen molar-refractivity contribution in [1.29, 1.82) is 0 Å². The van der Waals surface area contributed by atoms with E-state index in [2.05, 4.69) is 21.8 Å². The van der Waals surface area contributed by atoms with Crippen molar-refractivity contribution in [1.82, 2.24) is 9.62 Å². The summed E-state index contributed by atoms with van der Waals surface area (Å²) in [7, 11) is -2.00. The zero-order valence-corrected chi connectivity index (χ0v) is 20.7. The lowest BCUT2D eigenvalue weighted by atomic mass is 10.0. The van der Waals surface area contributed by atoms with Gasteiger partial charge < -0.3 is 4.90 Å². The second-order valence-corrected chi connectivity index (χ2v) is 10.3. The van der Waals surface area contributed by atoms with Gasteiger partial charge in [0.25, 0.3) is 15.9 Å². The Morgan fingerprint density at radius 2 is 1.36 bits per heavy atom. The van der Waals surface area contributed by atoms with Crippen LogP contribution in [0.1, 0.15) is 21.5 Å². The smallest absolute Gasteiger partial charge is 0.264 e. The van der Waals surface area contributed by atoms with Gasteiger partial charge in [-0.15, -0.1) is 0 Å². The molecule has 0 atom stereocenters. The first-order valence-corrected chi connectivity index (χ1v) is 13.0. The molecule has 4 aromatic rings. The molecule has 0 saturated heterocycles. The molecule has 0 aromatic heterocycles. The maximum absolute atomic E-state index is 13.1. The molecule has 7 heteroatoms. The van der Waals surface area contributed by atoms with E-state index in [1.165, 1.54) is 42.0 Å². The number of nitrogens with one attached hydrogen (secondary N) is 1. The summed E-state index contributed by atoms with van der Waals surface area (Å²) in [5.74, 6) is -1.05. The highest BCUT2D eigenvalue weighted by atomic mass is 32.2. The molecular formula is C29H27FN2O3S. The molecule has 0 aliphatic heterocycles. The number of amides is 1. The predicted molar refractivity (Wildman–Crippen MR) is 139 cm³/mol. The Morgan fingerprint density at radius 1 is 0.778 bits per heavy atom. The van der Waals surface area contributed by atoms with Crippen LogP contribution in [-0.4, -0.2) is 32.8 Å². The number of rotatable bonds is 9. The molecule has 0 bridgehead atoms. The largest absolute Gasteiger partial charge is 0.302 e. The van der Waals surface area contributed by atoms with E-state index >= 15 is 0 Å². The lowest BCUT2D eigenvalue weighted by Gasteiger charge is -2.17. The number of sulfonamides is 1. The minimum absolute atomic E-state index is 0.0227. The number of hydrogen-bond donors (Lipinski definition) is 1. The van der Waals surface area contributed by atoms with Crippen LogP contribution in [0.3, 0.4) is 0 Å². The second kappa shape index (κ2) is 11.3. The van der Waals surface area contributed by atoms with Gasteiger partial charge in [-0.05, 0) is 72.1 Å². The van der Waals surface area contributed by atoms with Gasteiger partial charge in [0.2, 0.25) is 0 Å². The maximum Gasteiger partial charge on any atom is 0.264 e. The first-order chi connectivity index (χ1) is 17.3. The molecule has 0 aliphatic rings. The summed E-state index contributed by atoms with van der Waals surface area (Å²) in [5, 5.41) is 0. The van der Waals surface area contributed by atoms with Crippen LogP contribution in [-0.2, 0) is 23.0 Å². The van der Waals surface area contributed by atoms with Crippen LogP contribution < -0.4 is 4.72 Å². The number of carbonyl (C=O) groups excluding carboxylic acids is 1. The lowest BCUT2D eigenvalue weighted by Crippen LogP contribution is -2.30. The molecule has 0 heterocycles. The Morgan fingerprint density at radius 3 is 1.97 bits per heavy atom. The minimum atomic E-state index is -4.02. The highest BCUT2D eigenvalue weighted by Gasteiger charge is 2.19. The first-order valence-electron chi connectivity index (χ1n) is 11.5. The van der Waals surface area contributed by atoms with Crippen molar-refractivity contribution in [3.63, 3.8) is 0 Å². The van der Waals surface area contributed by atoms with Crippen molar-refractivity contribution >= 4 is 15.9 Å². The summed E-state index contributed by atoms with van der Waals surface area (Å²) in [6.07, 6.45) is 0.931. The lowest BCUT2D eigenvalue weighted by molar-refractivity contribution is 0.0981. The Balaban J connectivity index is 1.34. The van der Waals surface area contributed by atoms with Gasteiger partial charge in [0, 0.05) is 18.7 Å². The van der Waals surface area contributed by atoms with E-state index in [4.69, 9.17) is 0 Å². The molecule has 1 N–H and O–H groups in total. The Labute approximate surface area is 211 Å². The van der Waals surface area contributed by atoms with Crippen LogP contribution in [0.25, 0.3) is 11.1 Å². The molecule has 36 heavy (non-hydrogen) atoms. The van der Waals surface area contributed by atoms with Gasteiger partial charge in [-0.3, -0.25) is 4.79 Å². The minimum Gasteiger partial charge on any atom is -0.302 e. The molecule has 0 aliphatic carbocycles. The van der Waals surface area contributed by atoms with Crippen molar-refractivity contribution in [2.75, 3.05) is 13.6 Å². The highest BCUT2D eigenvalue weighted by molar-refractivity contribution is 7.90. The van der Waals surface area contributed by atoms with Crippen LogP contribution in [0.4, 0.5) is 4.39 Å². The van der Waals surface area contributed by atoms with Crippen LogP contribution >= 0.6 is 0 Å². The molecule has 0 unspecified atom stereocenters. The zero-order chi connectivity index (χ0) is 25.5. The monoisotopic (exact) mass is 502 g/mol. The van der Waals surface area contributed by atoms with Gasteiger partial charge in [0.15, 0.2) is 0 Å². The van der Waals surface area contributed by atoms with Crippen molar-refractivity contribution in [2.24, 2.45) is 0 Å². The normalized spacial score (nSPS) is 11.4. The third-order valence-electron chi connectivity index (χ3n) is 5.86. The van der Waals surface area contributed by atoms with Gasteiger partial charge >= 0.3 is 0 Å². The molecule has 5 nitrogen and oxygen atoms in total. The van der Waals surface area contributed by atoms with E-state index in [1.807, 2.05) is 25.2 Å². The number of carbonyl (C=O) groups is 1. The third kappa shape index (κ3) is 6.65. The summed E-state index contributed by atoms with van der Waals surface area (Å²) in [6.45, 7) is 1.56. The fourth-order valence-corrected chi connectivity index (χ4v) is 4.80. The van der Waals surface area contributed by atoms with E-state index in [0.717, 1.165) is 29.7 Å². The van der Waals surface area contributed by atoms with Crippen LogP contribution in [0.5, 0.6) is 0 Å². The fraction of sp³-hybridized carbons (Fsp3) is 0.138. The van der Waals surface area contributed by atoms with Gasteiger partial charge in [-0.1, -0.05) is 66.7 Å². The SMILES string of the molecule is CN(CCc1ccccc1)Cc1ccc(S(=O)(=O)NC(=O)c2ccc(-c3ccc(F)cc3)cc2)cc1. The third-order valence-corrected chi connectivity index (χ3v) is 7.21. The van der Waals surface area contributed by atoms with E-state index in [-0.39, 0.29) is 16.3 Å². The number of hydrogen-bond acceptors (Lipinski definition) is 4. The number of benzene rings is 4. The number of likely N-dealkylation sites (N-methyl/N-ethyl adjacent to an activating group) is 1. The zero-order valence-electron chi connectivity index (χ0n) is 19.9. The standard InChI is InChI=1S/C29H27FN2O3S/c1-32(20-19-22-5-3-2-4-6-22)21-23-7-17-28(18-8-23)36(34,35)31-29(33)26-11-9-24(10-12-26)25-13-15-27(30)16-14-25/h2-18H,19-21H2,1H3,(H,31,33). The van der Waals surface area contributed by atoms with Gasteiger partial charge in [-0.25, -0.2) is 17.5 Å². The summed E-state index contributed by atoms with van der Waals surface area (Å²) in [4.78, 5) is 14.8. The van der Waals surface area contributed by atoms with E-state index in [9.17, 15) is 17.6 Å². The molecule has 0 spiro atoms. The number of nitrogens with zero attached hydrogens (tertiary/aromatic N) is 1. The van der Waals surface area contributed by atoms with Crippen molar-refractivity contribution in [3.05, 3.63) is 126 Å². The Bertz CT molecular complexity index is 1400. The molecule has 0 fully saturated rings. The van der Waals surface area contributed by atoms with Crippen LogP contribution in [0.15, 0.2) is 108 Å². The Kier molecular flexibility index (Phi) is 7.93. The van der Waals surface area contributed by atoms with Crippen molar-refractivity contribution in [2.45, 2.75) is 17.9 Å². The van der Waals surface area contributed by atoms with Crippen molar-refractivity contribution < 1.29 is 17.6 Å². The van der Waals surface area contributed by atoms with Crippen LogP contribution in [0, 0.1) is 5.82 Å². The van der Waals surface area contributed by atoms with E-state index in [1.54, 1.807) is 36.4 Å². The highest BCUT2D eigenvalue weighted by Crippen LogP contribution is 2.20. The summed E-state index contributed by atoms with van der Waals surface area (Å²) in [5.41, 5.74) is 4.04. The van der Waals surface area contributed by atoms with Gasteiger partial charge in [-0.2, -0.15) is 0 Å². The molecule has 184 valence electrons. The maximum atomic E-state index is 13.1. The van der Waals surface area contributed by atoms with Gasteiger partial charge in [0.05, 0.1) is 4.90 Å². The van der Waals surface area contributed by atoms with E-state index < -0.39 is 15.9 Å². The fourth-order valence-electron chi connectivity index (χ4n) is 3.83. The molecule has 4 aromatic carbocycles.